The molecule has 16 heavy (non-hydrogen) atoms. The summed E-state index contributed by atoms with van der Waals surface area (Å²) < 4.78 is 5.19. The highest BCUT2D eigenvalue weighted by atomic mass is 16.3. The minimum atomic E-state index is 0.131. The van der Waals surface area contributed by atoms with Crippen molar-refractivity contribution in [3.63, 3.8) is 0 Å². The maximum Gasteiger partial charge on any atom is 0.221 e. The van der Waals surface area contributed by atoms with Gasteiger partial charge >= 0.3 is 0 Å². The van der Waals surface area contributed by atoms with Crippen molar-refractivity contribution in [3.05, 3.63) is 24.2 Å². The van der Waals surface area contributed by atoms with Crippen molar-refractivity contribution in [2.24, 2.45) is 0 Å². The Morgan fingerprint density at radius 1 is 1.62 bits per heavy atom. The summed E-state index contributed by atoms with van der Waals surface area (Å²) in [6.45, 7) is 1.70. The molecule has 4 nitrogen and oxygen atoms in total. The van der Waals surface area contributed by atoms with Crippen LogP contribution in [-0.4, -0.2) is 25.0 Å². The summed E-state index contributed by atoms with van der Waals surface area (Å²) in [6, 6.07) is 4.16. The summed E-state index contributed by atoms with van der Waals surface area (Å²) in [5, 5.41) is 6.22. The molecule has 1 unspecified atom stereocenters. The van der Waals surface area contributed by atoms with E-state index in [1.165, 1.54) is 6.42 Å². The van der Waals surface area contributed by atoms with E-state index in [-0.39, 0.29) is 5.91 Å². The number of nitrogens with one attached hydrogen (secondary N) is 2. The zero-order chi connectivity index (χ0) is 11.2. The molecule has 0 spiro atoms. The lowest BCUT2D eigenvalue weighted by molar-refractivity contribution is -0.121. The maximum atomic E-state index is 11.5. The summed E-state index contributed by atoms with van der Waals surface area (Å²) >= 11 is 0. The Kier molecular flexibility index (Phi) is 3.99. The van der Waals surface area contributed by atoms with Gasteiger partial charge < -0.3 is 15.1 Å². The molecular weight excluding hydrogens is 204 g/mol. The first-order valence-corrected chi connectivity index (χ1v) is 5.87. The highest BCUT2D eigenvalue weighted by Gasteiger charge is 2.17. The van der Waals surface area contributed by atoms with Gasteiger partial charge in [0.05, 0.1) is 6.26 Å². The van der Waals surface area contributed by atoms with E-state index < -0.39 is 0 Å². The number of hydrogen-bond acceptors (Lipinski definition) is 3. The number of carbonyl (C=O) groups is 1. The van der Waals surface area contributed by atoms with E-state index in [9.17, 15) is 4.79 Å². The molecule has 2 rings (SSSR count). The Morgan fingerprint density at radius 2 is 2.56 bits per heavy atom. The molecule has 0 saturated carbocycles. The van der Waals surface area contributed by atoms with E-state index in [4.69, 9.17) is 4.42 Å². The van der Waals surface area contributed by atoms with Gasteiger partial charge in [-0.1, -0.05) is 0 Å². The van der Waals surface area contributed by atoms with E-state index in [0.717, 1.165) is 25.1 Å². The molecule has 0 aromatic carbocycles. The summed E-state index contributed by atoms with van der Waals surface area (Å²) in [7, 11) is 0. The van der Waals surface area contributed by atoms with E-state index in [0.29, 0.717) is 19.0 Å². The Labute approximate surface area is 95.4 Å². The molecule has 0 bridgehead atoms. The van der Waals surface area contributed by atoms with Gasteiger partial charge in [-0.25, -0.2) is 0 Å². The first-order chi connectivity index (χ1) is 7.84. The Hall–Kier alpha value is -1.29. The first kappa shape index (κ1) is 11.2. The number of furan rings is 1. The second-order valence-corrected chi connectivity index (χ2v) is 4.18. The predicted octanol–water partition coefficient (Wildman–Crippen LogP) is 1.08. The first-order valence-electron chi connectivity index (χ1n) is 5.87. The zero-order valence-corrected chi connectivity index (χ0v) is 9.37. The quantitative estimate of drug-likeness (QED) is 0.784. The molecule has 0 aliphatic carbocycles. The van der Waals surface area contributed by atoms with E-state index in [2.05, 4.69) is 10.6 Å². The average Bonchev–Trinajstić information content (AvgIpc) is 2.90. The zero-order valence-electron chi connectivity index (χ0n) is 9.37. The van der Waals surface area contributed by atoms with Gasteiger partial charge in [0.25, 0.3) is 0 Å². The van der Waals surface area contributed by atoms with Crippen molar-refractivity contribution in [1.29, 1.82) is 0 Å². The maximum absolute atomic E-state index is 11.5. The van der Waals surface area contributed by atoms with E-state index in [1.54, 1.807) is 6.26 Å². The van der Waals surface area contributed by atoms with Crippen LogP contribution in [0.4, 0.5) is 0 Å². The minimum absolute atomic E-state index is 0.131. The van der Waals surface area contributed by atoms with Crippen molar-refractivity contribution in [2.75, 3.05) is 13.1 Å². The van der Waals surface area contributed by atoms with E-state index in [1.807, 2.05) is 12.1 Å². The Balaban J connectivity index is 1.60. The molecule has 88 valence electrons. The third-order valence-electron chi connectivity index (χ3n) is 2.87. The average molecular weight is 222 g/mol. The molecule has 1 atom stereocenters. The van der Waals surface area contributed by atoms with Crippen molar-refractivity contribution < 1.29 is 9.21 Å². The van der Waals surface area contributed by atoms with Gasteiger partial charge in [0.15, 0.2) is 0 Å². The van der Waals surface area contributed by atoms with Gasteiger partial charge in [-0.15, -0.1) is 0 Å². The van der Waals surface area contributed by atoms with Gasteiger partial charge in [0.2, 0.25) is 5.91 Å². The van der Waals surface area contributed by atoms with Crippen LogP contribution in [0.2, 0.25) is 0 Å². The smallest absolute Gasteiger partial charge is 0.221 e. The molecule has 2 heterocycles. The van der Waals surface area contributed by atoms with E-state index >= 15 is 0 Å². The summed E-state index contributed by atoms with van der Waals surface area (Å²) in [5.74, 6) is 1.05. The fourth-order valence-corrected chi connectivity index (χ4v) is 2.01. The molecule has 1 fully saturated rings. The standard InChI is InChI=1S/C12H18N2O2/c15-12(9-10-3-1-6-13-10)14-7-5-11-4-2-8-16-11/h2,4,8,10,13H,1,3,5-7,9H2,(H,14,15). The van der Waals surface area contributed by atoms with Crippen molar-refractivity contribution in [1.82, 2.24) is 10.6 Å². The van der Waals surface area contributed by atoms with Crippen molar-refractivity contribution >= 4 is 5.91 Å². The van der Waals surface area contributed by atoms with Gasteiger partial charge in [-0.2, -0.15) is 0 Å². The SMILES string of the molecule is O=C(CC1CCCN1)NCCc1ccco1. The molecule has 1 amide bonds. The topological polar surface area (TPSA) is 54.3 Å². The van der Waals surface area contributed by atoms with Crippen LogP contribution in [-0.2, 0) is 11.2 Å². The van der Waals surface area contributed by atoms with Gasteiger partial charge in [-0.3, -0.25) is 4.79 Å². The summed E-state index contributed by atoms with van der Waals surface area (Å²) in [5.41, 5.74) is 0. The van der Waals surface area contributed by atoms with Crippen molar-refractivity contribution in [3.8, 4) is 0 Å². The van der Waals surface area contributed by atoms with Gasteiger partial charge in [0, 0.05) is 25.4 Å². The number of amides is 1. The molecular formula is C12H18N2O2. The largest absolute Gasteiger partial charge is 0.469 e. The molecule has 1 aromatic heterocycles. The monoisotopic (exact) mass is 222 g/mol. The lowest BCUT2D eigenvalue weighted by atomic mass is 10.1. The Morgan fingerprint density at radius 3 is 3.25 bits per heavy atom. The third-order valence-corrected chi connectivity index (χ3v) is 2.87. The molecule has 1 aliphatic heterocycles. The second-order valence-electron chi connectivity index (χ2n) is 4.18. The summed E-state index contributed by atoms with van der Waals surface area (Å²) in [4.78, 5) is 11.5. The number of hydrogen-bond donors (Lipinski definition) is 2. The minimum Gasteiger partial charge on any atom is -0.469 e. The molecule has 2 N–H and O–H groups in total. The fourth-order valence-electron chi connectivity index (χ4n) is 2.01. The highest BCUT2D eigenvalue weighted by Crippen LogP contribution is 2.08. The van der Waals surface area contributed by atoms with Crippen LogP contribution in [0.5, 0.6) is 0 Å². The summed E-state index contributed by atoms with van der Waals surface area (Å²) in [6.07, 6.45) is 5.31. The van der Waals surface area contributed by atoms with Crippen LogP contribution >= 0.6 is 0 Å². The molecule has 4 heteroatoms. The van der Waals surface area contributed by atoms with Crippen LogP contribution in [0.1, 0.15) is 25.0 Å². The lowest BCUT2D eigenvalue weighted by Gasteiger charge is -2.09. The molecule has 1 aliphatic rings. The van der Waals surface area contributed by atoms with Crippen LogP contribution in [0.15, 0.2) is 22.8 Å². The van der Waals surface area contributed by atoms with Crippen LogP contribution in [0, 0.1) is 0 Å². The van der Waals surface area contributed by atoms with Crippen LogP contribution in [0.25, 0.3) is 0 Å². The second kappa shape index (κ2) is 5.70. The fraction of sp³-hybridized carbons (Fsp3) is 0.583. The van der Waals surface area contributed by atoms with Gasteiger partial charge in [0.1, 0.15) is 5.76 Å². The van der Waals surface area contributed by atoms with Crippen LogP contribution < -0.4 is 10.6 Å². The highest BCUT2D eigenvalue weighted by molar-refractivity contribution is 5.76. The molecule has 1 saturated heterocycles. The lowest BCUT2D eigenvalue weighted by Crippen LogP contribution is -2.32. The molecule has 0 radical (unpaired) electrons. The Bertz CT molecular complexity index is 316. The number of rotatable bonds is 5. The van der Waals surface area contributed by atoms with Crippen LogP contribution in [0.3, 0.4) is 0 Å². The third kappa shape index (κ3) is 3.38. The number of carbonyl (C=O) groups excluding carboxylic acids is 1. The van der Waals surface area contributed by atoms with Crippen molar-refractivity contribution in [2.45, 2.75) is 31.7 Å². The normalized spacial score (nSPS) is 19.9. The predicted molar refractivity (Wildman–Crippen MR) is 61.1 cm³/mol. The van der Waals surface area contributed by atoms with Gasteiger partial charge in [-0.05, 0) is 31.5 Å². The molecule has 1 aromatic rings.